The van der Waals surface area contributed by atoms with Crippen LogP contribution in [0.3, 0.4) is 0 Å². The number of benzene rings is 1. The molecule has 0 atom stereocenters. The van der Waals surface area contributed by atoms with Crippen LogP contribution in [-0.2, 0) is 0 Å². The first-order valence-corrected chi connectivity index (χ1v) is 3.51. The molecule has 0 fully saturated rings. The second-order valence-electron chi connectivity index (χ2n) is 2.36. The summed E-state index contributed by atoms with van der Waals surface area (Å²) in [7, 11) is 0. The smallest absolute Gasteiger partial charge is 0.179 e. The minimum Gasteiger partial charge on any atom is -0.293 e. The first-order chi connectivity index (χ1) is 6.16. The average molecular weight is 181 g/mol. The SMILES string of the molecule is N#CCC(=O)c1cccc(F)c1F. The number of nitriles is 1. The van der Waals surface area contributed by atoms with Gasteiger partial charge in [0.1, 0.15) is 0 Å². The van der Waals surface area contributed by atoms with Gasteiger partial charge in [0.05, 0.1) is 18.1 Å². The van der Waals surface area contributed by atoms with Gasteiger partial charge in [-0.1, -0.05) is 6.07 Å². The van der Waals surface area contributed by atoms with Crippen molar-refractivity contribution in [2.75, 3.05) is 0 Å². The largest absolute Gasteiger partial charge is 0.293 e. The van der Waals surface area contributed by atoms with E-state index >= 15 is 0 Å². The highest BCUT2D eigenvalue weighted by atomic mass is 19.2. The summed E-state index contributed by atoms with van der Waals surface area (Å²) in [4.78, 5) is 11.0. The first-order valence-electron chi connectivity index (χ1n) is 3.51. The minimum absolute atomic E-state index is 0.374. The van der Waals surface area contributed by atoms with E-state index in [1.807, 2.05) is 0 Å². The molecule has 1 aromatic rings. The molecule has 2 nitrogen and oxygen atoms in total. The number of rotatable bonds is 2. The van der Waals surface area contributed by atoms with Crippen molar-refractivity contribution >= 4 is 5.78 Å². The lowest BCUT2D eigenvalue weighted by Crippen LogP contribution is -2.02. The lowest BCUT2D eigenvalue weighted by molar-refractivity contribution is 0.0993. The lowest BCUT2D eigenvalue weighted by atomic mass is 10.1. The third-order valence-electron chi connectivity index (χ3n) is 1.49. The van der Waals surface area contributed by atoms with Crippen molar-refractivity contribution in [2.24, 2.45) is 0 Å². The molecule has 1 aromatic carbocycles. The molecule has 0 aliphatic rings. The van der Waals surface area contributed by atoms with Crippen LogP contribution in [0.25, 0.3) is 0 Å². The van der Waals surface area contributed by atoms with Crippen LogP contribution in [0.4, 0.5) is 8.78 Å². The number of Topliss-reactive ketones (excluding diaryl/α,β-unsaturated/α-hetero) is 1. The van der Waals surface area contributed by atoms with Crippen molar-refractivity contribution in [2.45, 2.75) is 6.42 Å². The topological polar surface area (TPSA) is 40.9 Å². The molecule has 1 rings (SSSR count). The fourth-order valence-corrected chi connectivity index (χ4v) is 0.886. The molecule has 0 unspecified atom stereocenters. The quantitative estimate of drug-likeness (QED) is 0.655. The van der Waals surface area contributed by atoms with Gasteiger partial charge in [-0.3, -0.25) is 4.79 Å². The van der Waals surface area contributed by atoms with Crippen molar-refractivity contribution in [1.29, 1.82) is 5.26 Å². The lowest BCUT2D eigenvalue weighted by Gasteiger charge is -1.98. The van der Waals surface area contributed by atoms with E-state index in [0.717, 1.165) is 12.1 Å². The maximum atomic E-state index is 12.9. The number of ketones is 1. The monoisotopic (exact) mass is 181 g/mol. The van der Waals surface area contributed by atoms with E-state index in [1.165, 1.54) is 6.07 Å². The molecule has 0 saturated heterocycles. The highest BCUT2D eigenvalue weighted by Gasteiger charge is 2.13. The van der Waals surface area contributed by atoms with Crippen LogP contribution in [0.5, 0.6) is 0 Å². The van der Waals surface area contributed by atoms with Crippen LogP contribution in [0, 0.1) is 23.0 Å². The highest BCUT2D eigenvalue weighted by Crippen LogP contribution is 2.12. The molecule has 0 saturated carbocycles. The number of carbonyl (C=O) groups is 1. The number of hydrogen-bond acceptors (Lipinski definition) is 2. The molecule has 0 N–H and O–H groups in total. The van der Waals surface area contributed by atoms with Crippen molar-refractivity contribution < 1.29 is 13.6 Å². The predicted molar refractivity (Wildman–Crippen MR) is 40.9 cm³/mol. The summed E-state index contributed by atoms with van der Waals surface area (Å²) in [5.74, 6) is -2.98. The van der Waals surface area contributed by atoms with E-state index in [0.29, 0.717) is 0 Å². The zero-order chi connectivity index (χ0) is 9.84. The van der Waals surface area contributed by atoms with E-state index in [-0.39, 0.29) is 5.56 Å². The van der Waals surface area contributed by atoms with Crippen molar-refractivity contribution in [3.63, 3.8) is 0 Å². The van der Waals surface area contributed by atoms with E-state index in [4.69, 9.17) is 5.26 Å². The molecule has 0 heterocycles. The van der Waals surface area contributed by atoms with Crippen molar-refractivity contribution in [3.8, 4) is 6.07 Å². The van der Waals surface area contributed by atoms with E-state index in [9.17, 15) is 13.6 Å². The van der Waals surface area contributed by atoms with Crippen molar-refractivity contribution in [1.82, 2.24) is 0 Å². The number of halogens is 2. The molecule has 0 aliphatic heterocycles. The summed E-state index contributed by atoms with van der Waals surface area (Å²) in [6, 6.07) is 4.87. The van der Waals surface area contributed by atoms with Gasteiger partial charge in [0, 0.05) is 0 Å². The van der Waals surface area contributed by atoms with Gasteiger partial charge in [-0.2, -0.15) is 5.26 Å². The molecular formula is C9H5F2NO. The number of hydrogen-bond donors (Lipinski definition) is 0. The van der Waals surface area contributed by atoms with Gasteiger partial charge in [0.15, 0.2) is 17.4 Å². The van der Waals surface area contributed by atoms with Crippen LogP contribution >= 0.6 is 0 Å². The molecule has 0 aliphatic carbocycles. The Morgan fingerprint density at radius 2 is 2.15 bits per heavy atom. The van der Waals surface area contributed by atoms with Crippen LogP contribution in [0.15, 0.2) is 18.2 Å². The summed E-state index contributed by atoms with van der Waals surface area (Å²) in [6.07, 6.45) is -0.444. The minimum atomic E-state index is -1.19. The molecule has 4 heteroatoms. The van der Waals surface area contributed by atoms with Crippen molar-refractivity contribution in [3.05, 3.63) is 35.4 Å². The summed E-state index contributed by atoms with van der Waals surface area (Å²) in [5, 5.41) is 8.17. The molecule has 0 aromatic heterocycles. The highest BCUT2D eigenvalue weighted by molar-refractivity contribution is 5.97. The van der Waals surface area contributed by atoms with E-state index < -0.39 is 23.8 Å². The zero-order valence-corrected chi connectivity index (χ0v) is 6.55. The van der Waals surface area contributed by atoms with E-state index in [2.05, 4.69) is 0 Å². The zero-order valence-electron chi connectivity index (χ0n) is 6.55. The Morgan fingerprint density at radius 1 is 1.46 bits per heavy atom. The Morgan fingerprint density at radius 3 is 2.77 bits per heavy atom. The van der Waals surface area contributed by atoms with Gasteiger partial charge < -0.3 is 0 Å². The molecule has 0 spiro atoms. The molecule has 13 heavy (non-hydrogen) atoms. The summed E-state index contributed by atoms with van der Waals surface area (Å²) < 4.78 is 25.4. The van der Waals surface area contributed by atoms with Crippen LogP contribution in [-0.4, -0.2) is 5.78 Å². The average Bonchev–Trinajstić information content (AvgIpc) is 2.10. The van der Waals surface area contributed by atoms with Gasteiger partial charge >= 0.3 is 0 Å². The van der Waals surface area contributed by atoms with Gasteiger partial charge in [-0.15, -0.1) is 0 Å². The Hall–Kier alpha value is -1.76. The normalized spacial score (nSPS) is 9.31. The standard InChI is InChI=1S/C9H5F2NO/c10-7-3-1-2-6(9(7)11)8(13)4-5-12/h1-3H,4H2. The Bertz CT molecular complexity index is 382. The number of nitrogens with zero attached hydrogens (tertiary/aromatic N) is 1. The number of carbonyl (C=O) groups excluding carboxylic acids is 1. The van der Waals surface area contributed by atoms with Gasteiger partial charge in [0.25, 0.3) is 0 Å². The Labute approximate surface area is 73.4 Å². The Kier molecular flexibility index (Phi) is 2.70. The third-order valence-corrected chi connectivity index (χ3v) is 1.49. The molecule has 66 valence electrons. The molecule has 0 bridgehead atoms. The van der Waals surface area contributed by atoms with Gasteiger partial charge in [-0.05, 0) is 12.1 Å². The first kappa shape index (κ1) is 9.33. The molecule has 0 amide bonds. The van der Waals surface area contributed by atoms with Gasteiger partial charge in [-0.25, -0.2) is 8.78 Å². The second kappa shape index (κ2) is 3.76. The fraction of sp³-hybridized carbons (Fsp3) is 0.111. The molecular weight excluding hydrogens is 176 g/mol. The second-order valence-corrected chi connectivity index (χ2v) is 2.36. The predicted octanol–water partition coefficient (Wildman–Crippen LogP) is 2.06. The van der Waals surface area contributed by atoms with Gasteiger partial charge in [0.2, 0.25) is 0 Å². The molecule has 0 radical (unpaired) electrons. The maximum absolute atomic E-state index is 12.9. The fourth-order valence-electron chi connectivity index (χ4n) is 0.886. The third kappa shape index (κ3) is 1.88. The van der Waals surface area contributed by atoms with Crippen LogP contribution in [0.1, 0.15) is 16.8 Å². The summed E-state index contributed by atoms with van der Waals surface area (Å²) >= 11 is 0. The summed E-state index contributed by atoms with van der Waals surface area (Å²) in [5.41, 5.74) is -0.374. The maximum Gasteiger partial charge on any atom is 0.179 e. The van der Waals surface area contributed by atoms with E-state index in [1.54, 1.807) is 6.07 Å². The summed E-state index contributed by atoms with van der Waals surface area (Å²) in [6.45, 7) is 0. The van der Waals surface area contributed by atoms with Crippen LogP contribution in [0.2, 0.25) is 0 Å². The van der Waals surface area contributed by atoms with Crippen LogP contribution < -0.4 is 0 Å². The Balaban J connectivity index is 3.09.